The molecule has 1 aliphatic rings. The van der Waals surface area contributed by atoms with E-state index >= 15 is 0 Å². The molecule has 0 atom stereocenters. The summed E-state index contributed by atoms with van der Waals surface area (Å²) in [6.07, 6.45) is 0. The molecule has 7 nitrogen and oxygen atoms in total. The standard InChI is InChI=1S/C25H27N3O4S/c1-19-4-2-7-23(16-19)27-33(30,31)24-10-8-22(9-11-24)26-25(29)21-6-3-5-20(17-21)18-28-12-14-32-15-13-28/h2-11,16-17,27H,12-15,18H2,1H3,(H,26,29). The number of aryl methyl sites for hydroxylation is 1. The summed E-state index contributed by atoms with van der Waals surface area (Å²) >= 11 is 0. The Bertz CT molecular complexity index is 1220. The Labute approximate surface area is 194 Å². The zero-order valence-electron chi connectivity index (χ0n) is 18.5. The number of amides is 1. The first kappa shape index (κ1) is 23.0. The summed E-state index contributed by atoms with van der Waals surface area (Å²) in [6, 6.07) is 20.8. The van der Waals surface area contributed by atoms with Gasteiger partial charge in [0, 0.05) is 36.6 Å². The Morgan fingerprint density at radius 2 is 1.67 bits per heavy atom. The van der Waals surface area contributed by atoms with Gasteiger partial charge in [-0.1, -0.05) is 24.3 Å². The Kier molecular flexibility index (Phi) is 7.08. The smallest absolute Gasteiger partial charge is 0.261 e. The fourth-order valence-electron chi connectivity index (χ4n) is 3.67. The van der Waals surface area contributed by atoms with Crippen LogP contribution in [0.5, 0.6) is 0 Å². The van der Waals surface area contributed by atoms with E-state index in [1.165, 1.54) is 12.1 Å². The van der Waals surface area contributed by atoms with Gasteiger partial charge in [-0.05, 0) is 66.6 Å². The van der Waals surface area contributed by atoms with Crippen LogP contribution < -0.4 is 10.0 Å². The van der Waals surface area contributed by atoms with Gasteiger partial charge in [-0.25, -0.2) is 8.42 Å². The van der Waals surface area contributed by atoms with Crippen molar-refractivity contribution in [2.75, 3.05) is 36.3 Å². The SMILES string of the molecule is Cc1cccc(NS(=O)(=O)c2ccc(NC(=O)c3cccc(CN4CCOCC4)c3)cc2)c1. The summed E-state index contributed by atoms with van der Waals surface area (Å²) in [5.74, 6) is -0.243. The van der Waals surface area contributed by atoms with Gasteiger partial charge in [0.15, 0.2) is 0 Å². The summed E-state index contributed by atoms with van der Waals surface area (Å²) < 4.78 is 33.3. The van der Waals surface area contributed by atoms with E-state index in [9.17, 15) is 13.2 Å². The highest BCUT2D eigenvalue weighted by Gasteiger charge is 2.15. The second-order valence-electron chi connectivity index (χ2n) is 8.04. The number of carbonyl (C=O) groups is 1. The van der Waals surface area contributed by atoms with Crippen molar-refractivity contribution in [2.45, 2.75) is 18.4 Å². The number of sulfonamides is 1. The van der Waals surface area contributed by atoms with Crippen molar-refractivity contribution in [2.24, 2.45) is 0 Å². The van der Waals surface area contributed by atoms with Gasteiger partial charge in [-0.3, -0.25) is 14.4 Å². The number of anilines is 2. The molecule has 1 amide bonds. The topological polar surface area (TPSA) is 87.7 Å². The number of ether oxygens (including phenoxy) is 1. The fourth-order valence-corrected chi connectivity index (χ4v) is 4.72. The van der Waals surface area contributed by atoms with Crippen molar-refractivity contribution in [3.05, 3.63) is 89.5 Å². The minimum Gasteiger partial charge on any atom is -0.379 e. The molecule has 4 rings (SSSR count). The Morgan fingerprint density at radius 3 is 2.39 bits per heavy atom. The van der Waals surface area contributed by atoms with Crippen LogP contribution in [0, 0.1) is 6.92 Å². The van der Waals surface area contributed by atoms with E-state index in [1.54, 1.807) is 36.4 Å². The van der Waals surface area contributed by atoms with Crippen molar-refractivity contribution in [3.8, 4) is 0 Å². The first-order valence-electron chi connectivity index (χ1n) is 10.8. The zero-order valence-corrected chi connectivity index (χ0v) is 19.3. The van der Waals surface area contributed by atoms with E-state index in [1.807, 2.05) is 31.2 Å². The lowest BCUT2D eigenvalue weighted by Crippen LogP contribution is -2.35. The molecule has 172 valence electrons. The maximum Gasteiger partial charge on any atom is 0.261 e. The molecule has 1 fully saturated rings. The highest BCUT2D eigenvalue weighted by atomic mass is 32.2. The van der Waals surface area contributed by atoms with E-state index in [2.05, 4.69) is 14.9 Å². The van der Waals surface area contributed by atoms with Crippen LogP contribution in [0.3, 0.4) is 0 Å². The minimum absolute atomic E-state index is 0.120. The number of carbonyl (C=O) groups excluding carboxylic acids is 1. The monoisotopic (exact) mass is 465 g/mol. The lowest BCUT2D eigenvalue weighted by Gasteiger charge is -2.26. The highest BCUT2D eigenvalue weighted by molar-refractivity contribution is 7.92. The molecular weight excluding hydrogens is 438 g/mol. The third-order valence-corrected chi connectivity index (χ3v) is 6.79. The van der Waals surface area contributed by atoms with E-state index in [-0.39, 0.29) is 10.8 Å². The highest BCUT2D eigenvalue weighted by Crippen LogP contribution is 2.20. The maximum atomic E-state index is 12.7. The number of nitrogens with one attached hydrogen (secondary N) is 2. The summed E-state index contributed by atoms with van der Waals surface area (Å²) in [4.78, 5) is 15.2. The van der Waals surface area contributed by atoms with Crippen LogP contribution in [-0.4, -0.2) is 45.5 Å². The number of rotatable bonds is 7. The molecule has 2 N–H and O–H groups in total. The molecule has 0 aliphatic carbocycles. The number of nitrogens with zero attached hydrogens (tertiary/aromatic N) is 1. The van der Waals surface area contributed by atoms with Gasteiger partial charge in [-0.2, -0.15) is 0 Å². The van der Waals surface area contributed by atoms with E-state index < -0.39 is 10.0 Å². The Balaban J connectivity index is 1.40. The largest absolute Gasteiger partial charge is 0.379 e. The van der Waals surface area contributed by atoms with Crippen LogP contribution in [0.25, 0.3) is 0 Å². The van der Waals surface area contributed by atoms with Gasteiger partial charge in [-0.15, -0.1) is 0 Å². The van der Waals surface area contributed by atoms with E-state index in [0.29, 0.717) is 16.9 Å². The molecule has 0 unspecified atom stereocenters. The molecule has 0 aromatic heterocycles. The molecule has 1 heterocycles. The first-order chi connectivity index (χ1) is 15.9. The molecular formula is C25H27N3O4S. The Morgan fingerprint density at radius 1 is 0.939 bits per heavy atom. The summed E-state index contributed by atoms with van der Waals surface area (Å²) in [6.45, 7) is 5.88. The predicted molar refractivity (Wildman–Crippen MR) is 129 cm³/mol. The molecule has 8 heteroatoms. The third-order valence-electron chi connectivity index (χ3n) is 5.39. The first-order valence-corrected chi connectivity index (χ1v) is 12.3. The molecule has 3 aromatic rings. The van der Waals surface area contributed by atoms with Crippen molar-refractivity contribution in [1.82, 2.24) is 4.90 Å². The van der Waals surface area contributed by atoms with E-state index in [4.69, 9.17) is 4.74 Å². The lowest BCUT2D eigenvalue weighted by atomic mass is 10.1. The second kappa shape index (κ2) is 10.2. The number of benzene rings is 3. The zero-order chi connectivity index (χ0) is 23.3. The van der Waals surface area contributed by atoms with Crippen LogP contribution in [0.2, 0.25) is 0 Å². The third kappa shape index (κ3) is 6.19. The molecule has 1 aliphatic heterocycles. The fraction of sp³-hybridized carbons (Fsp3) is 0.240. The van der Waals surface area contributed by atoms with Crippen LogP contribution in [-0.2, 0) is 21.3 Å². The second-order valence-corrected chi connectivity index (χ2v) is 9.72. The summed E-state index contributed by atoms with van der Waals surface area (Å²) in [5.41, 5.74) is 3.60. The Hall–Kier alpha value is -3.20. The summed E-state index contributed by atoms with van der Waals surface area (Å²) in [5, 5.41) is 2.84. The predicted octanol–water partition coefficient (Wildman–Crippen LogP) is 3.88. The van der Waals surface area contributed by atoms with Gasteiger partial charge in [0.2, 0.25) is 0 Å². The molecule has 0 saturated carbocycles. The van der Waals surface area contributed by atoms with Crippen molar-refractivity contribution >= 4 is 27.3 Å². The number of hydrogen-bond donors (Lipinski definition) is 2. The van der Waals surface area contributed by atoms with Crippen molar-refractivity contribution in [1.29, 1.82) is 0 Å². The van der Waals surface area contributed by atoms with Crippen molar-refractivity contribution in [3.63, 3.8) is 0 Å². The summed E-state index contributed by atoms with van der Waals surface area (Å²) in [7, 11) is -3.72. The van der Waals surface area contributed by atoms with E-state index in [0.717, 1.165) is 44.0 Å². The molecule has 0 radical (unpaired) electrons. The quantitative estimate of drug-likeness (QED) is 0.553. The van der Waals surface area contributed by atoms with Crippen LogP contribution >= 0.6 is 0 Å². The molecule has 1 saturated heterocycles. The number of hydrogen-bond acceptors (Lipinski definition) is 5. The molecule has 33 heavy (non-hydrogen) atoms. The van der Waals surface area contributed by atoms with Gasteiger partial charge >= 0.3 is 0 Å². The average molecular weight is 466 g/mol. The van der Waals surface area contributed by atoms with Crippen LogP contribution in [0.15, 0.2) is 77.7 Å². The van der Waals surface area contributed by atoms with Crippen LogP contribution in [0.4, 0.5) is 11.4 Å². The van der Waals surface area contributed by atoms with Crippen LogP contribution in [0.1, 0.15) is 21.5 Å². The van der Waals surface area contributed by atoms with Crippen molar-refractivity contribution < 1.29 is 17.9 Å². The normalized spacial score (nSPS) is 14.6. The minimum atomic E-state index is -3.72. The average Bonchev–Trinajstić information content (AvgIpc) is 2.80. The molecule has 3 aromatic carbocycles. The van der Waals surface area contributed by atoms with Gasteiger partial charge in [0.25, 0.3) is 15.9 Å². The lowest BCUT2D eigenvalue weighted by molar-refractivity contribution is 0.0342. The molecule has 0 spiro atoms. The van der Waals surface area contributed by atoms with Gasteiger partial charge < -0.3 is 10.1 Å². The van der Waals surface area contributed by atoms with Gasteiger partial charge in [0.05, 0.1) is 18.1 Å². The van der Waals surface area contributed by atoms with Gasteiger partial charge in [0.1, 0.15) is 0 Å². The maximum absolute atomic E-state index is 12.7. The molecule has 0 bridgehead atoms. The number of morpholine rings is 1.